The highest BCUT2D eigenvalue weighted by Gasteiger charge is 2.39. The molecule has 1 heterocycles. The number of halogens is 2. The number of nitrogens with one attached hydrogen (secondary N) is 2. The summed E-state index contributed by atoms with van der Waals surface area (Å²) in [6, 6.07) is 7.84. The Kier molecular flexibility index (Phi) is 11.9. The summed E-state index contributed by atoms with van der Waals surface area (Å²) >= 11 is 0. The molecule has 0 radical (unpaired) electrons. The highest BCUT2D eigenvalue weighted by molar-refractivity contribution is 5.86. The number of nitrogens with zero attached hydrogens (tertiary/aromatic N) is 1. The van der Waals surface area contributed by atoms with Gasteiger partial charge in [0.15, 0.2) is 0 Å². The smallest absolute Gasteiger partial charge is 0.252 e. The zero-order chi connectivity index (χ0) is 17.4. The topological polar surface area (TPSA) is 62.8 Å². The number of carbonyl (C=O) groups excluding carboxylic acids is 1. The van der Waals surface area contributed by atoms with Crippen LogP contribution in [0, 0.1) is 0 Å². The summed E-state index contributed by atoms with van der Waals surface area (Å²) in [6.45, 7) is 3.59. The molecule has 0 spiro atoms. The molecule has 6 nitrogen and oxygen atoms in total. The largest absolute Gasteiger partial charge is 0.492 e. The van der Waals surface area contributed by atoms with Gasteiger partial charge in [0.25, 0.3) is 5.91 Å². The first-order valence-electron chi connectivity index (χ1n) is 8.46. The van der Waals surface area contributed by atoms with Crippen LogP contribution in [0.1, 0.15) is 18.4 Å². The molecule has 0 saturated carbocycles. The molecule has 150 valence electrons. The summed E-state index contributed by atoms with van der Waals surface area (Å²) in [5.74, 6) is 0.789. The zero-order valence-electron chi connectivity index (χ0n) is 15.7. The molecule has 2 N–H and O–H groups in total. The van der Waals surface area contributed by atoms with E-state index in [-0.39, 0.29) is 30.7 Å². The van der Waals surface area contributed by atoms with Gasteiger partial charge in [-0.25, -0.2) is 0 Å². The van der Waals surface area contributed by atoms with Crippen LogP contribution in [0.2, 0.25) is 0 Å². The van der Waals surface area contributed by atoms with E-state index in [1.807, 2.05) is 38.4 Å². The summed E-state index contributed by atoms with van der Waals surface area (Å²) in [4.78, 5) is 14.6. The maximum Gasteiger partial charge on any atom is 0.252 e. The molecule has 8 heteroatoms. The van der Waals surface area contributed by atoms with Gasteiger partial charge >= 0.3 is 0 Å². The predicted octanol–water partition coefficient (Wildman–Crippen LogP) is 1.86. The highest BCUT2D eigenvalue weighted by Crippen LogP contribution is 2.23. The molecule has 26 heavy (non-hydrogen) atoms. The van der Waals surface area contributed by atoms with Crippen molar-refractivity contribution in [1.29, 1.82) is 0 Å². The van der Waals surface area contributed by atoms with Crippen LogP contribution in [0.5, 0.6) is 5.75 Å². The number of likely N-dealkylation sites (N-methyl/N-ethyl adjacent to an activating group) is 1. The number of rotatable bonds is 8. The van der Waals surface area contributed by atoms with Crippen molar-refractivity contribution in [2.75, 3.05) is 47.4 Å². The fraction of sp³-hybridized carbons (Fsp3) is 0.611. The van der Waals surface area contributed by atoms with Crippen molar-refractivity contribution in [2.45, 2.75) is 25.0 Å². The Hall–Kier alpha value is -1.05. The molecule has 1 aliphatic heterocycles. The second kappa shape index (κ2) is 12.4. The minimum Gasteiger partial charge on any atom is -0.492 e. The number of ether oxygens (including phenoxy) is 2. The Morgan fingerprint density at radius 2 is 1.96 bits per heavy atom. The van der Waals surface area contributed by atoms with E-state index in [0.717, 1.165) is 30.9 Å². The van der Waals surface area contributed by atoms with Gasteiger partial charge in [0.05, 0.1) is 0 Å². The van der Waals surface area contributed by atoms with Gasteiger partial charge in [0, 0.05) is 20.2 Å². The number of amides is 1. The van der Waals surface area contributed by atoms with E-state index in [0.29, 0.717) is 26.0 Å². The van der Waals surface area contributed by atoms with Crippen LogP contribution in [0.3, 0.4) is 0 Å². The number of carbonyl (C=O) groups is 1. The number of hydrogen-bond acceptors (Lipinski definition) is 5. The molecule has 1 amide bonds. The molecule has 2 rings (SSSR count). The monoisotopic (exact) mass is 407 g/mol. The second-order valence-electron chi connectivity index (χ2n) is 6.43. The standard InChI is InChI=1S/C18H29N3O3.2ClH/c1-21(2)11-12-24-16-6-4-5-15(13-16)14-20-17(22)18(23-3)7-9-19-10-8-18;;/h4-6,13,19H,7-12,14H2,1-3H3,(H,20,22);2*1H. The Bertz CT molecular complexity index is 538. The summed E-state index contributed by atoms with van der Waals surface area (Å²) in [7, 11) is 5.65. The SMILES string of the molecule is COC1(C(=O)NCc2cccc(OCCN(C)C)c2)CCNCC1.Cl.Cl. The van der Waals surface area contributed by atoms with E-state index in [2.05, 4.69) is 15.5 Å². The summed E-state index contributed by atoms with van der Waals surface area (Å²) < 4.78 is 11.3. The Balaban J connectivity index is 0.00000312. The predicted molar refractivity (Wildman–Crippen MR) is 109 cm³/mol. The van der Waals surface area contributed by atoms with Crippen molar-refractivity contribution < 1.29 is 14.3 Å². The van der Waals surface area contributed by atoms with Gasteiger partial charge in [0.2, 0.25) is 0 Å². The van der Waals surface area contributed by atoms with E-state index in [1.165, 1.54) is 0 Å². The van der Waals surface area contributed by atoms with Crippen molar-refractivity contribution in [3.8, 4) is 5.75 Å². The molecule has 0 aromatic heterocycles. The molecule has 0 atom stereocenters. The lowest BCUT2D eigenvalue weighted by Crippen LogP contribution is -2.53. The Morgan fingerprint density at radius 1 is 1.27 bits per heavy atom. The number of piperidine rings is 1. The average molecular weight is 408 g/mol. The van der Waals surface area contributed by atoms with Crippen LogP contribution in [-0.4, -0.2) is 63.9 Å². The van der Waals surface area contributed by atoms with Crippen molar-refractivity contribution in [3.63, 3.8) is 0 Å². The lowest BCUT2D eigenvalue weighted by Gasteiger charge is -2.34. The first-order chi connectivity index (χ1) is 11.6. The van der Waals surface area contributed by atoms with Gasteiger partial charge in [-0.3, -0.25) is 4.79 Å². The van der Waals surface area contributed by atoms with Crippen LogP contribution in [-0.2, 0) is 16.1 Å². The third-order valence-electron chi connectivity index (χ3n) is 4.37. The maximum atomic E-state index is 12.6. The third-order valence-corrected chi connectivity index (χ3v) is 4.37. The molecule has 1 fully saturated rings. The van der Waals surface area contributed by atoms with Gasteiger partial charge in [-0.2, -0.15) is 0 Å². The number of benzene rings is 1. The number of hydrogen-bond donors (Lipinski definition) is 2. The molecule has 1 aromatic carbocycles. The summed E-state index contributed by atoms with van der Waals surface area (Å²) in [6.07, 6.45) is 1.39. The summed E-state index contributed by atoms with van der Waals surface area (Å²) in [5, 5.41) is 6.26. The number of methoxy groups -OCH3 is 1. The van der Waals surface area contributed by atoms with Crippen molar-refractivity contribution in [3.05, 3.63) is 29.8 Å². The van der Waals surface area contributed by atoms with Crippen molar-refractivity contribution in [1.82, 2.24) is 15.5 Å². The first-order valence-corrected chi connectivity index (χ1v) is 8.46. The van der Waals surface area contributed by atoms with Crippen molar-refractivity contribution >= 4 is 30.7 Å². The van der Waals surface area contributed by atoms with E-state index >= 15 is 0 Å². The Morgan fingerprint density at radius 3 is 2.58 bits per heavy atom. The third kappa shape index (κ3) is 7.29. The molecular weight excluding hydrogens is 377 g/mol. The van der Waals surface area contributed by atoms with Crippen LogP contribution in [0.25, 0.3) is 0 Å². The van der Waals surface area contributed by atoms with Crippen molar-refractivity contribution in [2.24, 2.45) is 0 Å². The summed E-state index contributed by atoms with van der Waals surface area (Å²) in [5.41, 5.74) is 0.316. The van der Waals surface area contributed by atoms with Gasteiger partial charge in [0.1, 0.15) is 18.0 Å². The normalized spacial score (nSPS) is 15.5. The molecule has 1 aromatic rings. The van der Waals surface area contributed by atoms with Crippen LogP contribution >= 0.6 is 24.8 Å². The maximum absolute atomic E-state index is 12.6. The van der Waals surface area contributed by atoms with Gasteiger partial charge in [-0.15, -0.1) is 24.8 Å². The molecule has 1 aliphatic rings. The lowest BCUT2D eigenvalue weighted by atomic mass is 9.91. The van der Waals surface area contributed by atoms with Gasteiger partial charge in [-0.1, -0.05) is 12.1 Å². The zero-order valence-corrected chi connectivity index (χ0v) is 17.4. The fourth-order valence-electron chi connectivity index (χ4n) is 2.79. The van der Waals surface area contributed by atoms with Crippen LogP contribution < -0.4 is 15.4 Å². The first kappa shape index (κ1) is 24.9. The lowest BCUT2D eigenvalue weighted by molar-refractivity contribution is -0.146. The second-order valence-corrected chi connectivity index (χ2v) is 6.43. The molecule has 1 saturated heterocycles. The fourth-order valence-corrected chi connectivity index (χ4v) is 2.79. The van der Waals surface area contributed by atoms with E-state index < -0.39 is 5.60 Å². The van der Waals surface area contributed by atoms with Gasteiger partial charge in [-0.05, 0) is 57.7 Å². The minimum absolute atomic E-state index is 0. The molecule has 0 bridgehead atoms. The average Bonchev–Trinajstić information content (AvgIpc) is 2.60. The van der Waals surface area contributed by atoms with E-state index in [4.69, 9.17) is 9.47 Å². The van der Waals surface area contributed by atoms with Crippen LogP contribution in [0.4, 0.5) is 0 Å². The quantitative estimate of drug-likeness (QED) is 0.688. The molecule has 0 unspecified atom stereocenters. The van der Waals surface area contributed by atoms with Gasteiger partial charge < -0.3 is 25.0 Å². The van der Waals surface area contributed by atoms with Crippen LogP contribution in [0.15, 0.2) is 24.3 Å². The molecular formula is C18H31Cl2N3O3. The highest BCUT2D eigenvalue weighted by atomic mass is 35.5. The molecule has 0 aliphatic carbocycles. The Labute approximate surface area is 168 Å². The van der Waals surface area contributed by atoms with E-state index in [9.17, 15) is 4.79 Å². The van der Waals surface area contributed by atoms with E-state index in [1.54, 1.807) is 7.11 Å². The minimum atomic E-state index is -0.703.